The van der Waals surface area contributed by atoms with Crippen LogP contribution in [0.5, 0.6) is 5.75 Å². The number of esters is 1. The predicted molar refractivity (Wildman–Crippen MR) is 91.9 cm³/mol. The number of hydrogen-bond donors (Lipinski definition) is 1. The van der Waals surface area contributed by atoms with E-state index in [9.17, 15) is 10.1 Å². The van der Waals surface area contributed by atoms with E-state index >= 15 is 0 Å². The smallest absolute Gasteiger partial charge is 0.332 e. The largest absolute Gasteiger partial charge is 0.495 e. The zero-order valence-corrected chi connectivity index (χ0v) is 14.2. The standard InChI is InChI=1S/C17H23BN2O4/c1-3-23-17(21)10-24-13-5-6-14(18(9-13)11-19)12-4-7-15(20)16(8-12)22-2/h4,7-8,13-14H,3,5-6,9-10,20H2,1-2H3. The van der Waals surface area contributed by atoms with Gasteiger partial charge in [0.05, 0.1) is 25.5 Å². The monoisotopic (exact) mass is 330 g/mol. The number of benzene rings is 1. The van der Waals surface area contributed by atoms with Gasteiger partial charge in [0.25, 0.3) is 6.71 Å². The number of nitrogen functional groups attached to an aromatic ring is 1. The molecule has 2 atom stereocenters. The molecule has 0 saturated carbocycles. The first kappa shape index (κ1) is 18.1. The molecule has 1 heterocycles. The van der Waals surface area contributed by atoms with Crippen LogP contribution in [0.15, 0.2) is 18.2 Å². The number of nitrogens with zero attached hydrogens (tertiary/aromatic N) is 1. The Morgan fingerprint density at radius 2 is 2.25 bits per heavy atom. The molecule has 7 heteroatoms. The molecule has 0 aromatic heterocycles. The van der Waals surface area contributed by atoms with Crippen LogP contribution in [0.25, 0.3) is 0 Å². The molecule has 1 fully saturated rings. The van der Waals surface area contributed by atoms with E-state index in [-0.39, 0.29) is 31.2 Å². The van der Waals surface area contributed by atoms with Crippen LogP contribution in [-0.2, 0) is 14.3 Å². The SMILES string of the molecule is CCOC(=O)COC1CCC(c2ccc(N)c(OC)c2)B(C#N)C1. The van der Waals surface area contributed by atoms with Gasteiger partial charge in [-0.05, 0) is 49.6 Å². The highest BCUT2D eigenvalue weighted by Crippen LogP contribution is 2.36. The van der Waals surface area contributed by atoms with E-state index in [4.69, 9.17) is 19.9 Å². The molecule has 0 bridgehead atoms. The Bertz CT molecular complexity index is 617. The van der Waals surface area contributed by atoms with E-state index in [0.717, 1.165) is 18.4 Å². The van der Waals surface area contributed by atoms with Gasteiger partial charge < -0.3 is 19.9 Å². The predicted octanol–water partition coefficient (Wildman–Crippen LogP) is 2.20. The molecule has 1 saturated heterocycles. The lowest BCUT2D eigenvalue weighted by Gasteiger charge is -2.30. The number of methoxy groups -OCH3 is 1. The number of rotatable bonds is 6. The summed E-state index contributed by atoms with van der Waals surface area (Å²) in [6.07, 6.45) is 2.13. The van der Waals surface area contributed by atoms with Crippen molar-refractivity contribution in [3.05, 3.63) is 23.8 Å². The topological polar surface area (TPSA) is 94.6 Å². The van der Waals surface area contributed by atoms with Gasteiger partial charge >= 0.3 is 5.97 Å². The van der Waals surface area contributed by atoms with Gasteiger partial charge in [0, 0.05) is 5.97 Å². The molecule has 128 valence electrons. The lowest BCUT2D eigenvalue weighted by molar-refractivity contribution is -0.150. The quantitative estimate of drug-likeness (QED) is 0.488. The average molecular weight is 330 g/mol. The fourth-order valence-electron chi connectivity index (χ4n) is 3.17. The van der Waals surface area contributed by atoms with E-state index in [1.165, 1.54) is 0 Å². The van der Waals surface area contributed by atoms with Crippen LogP contribution >= 0.6 is 0 Å². The van der Waals surface area contributed by atoms with Crippen molar-refractivity contribution >= 4 is 18.4 Å². The van der Waals surface area contributed by atoms with Gasteiger partial charge in [-0.2, -0.15) is 0 Å². The normalized spacial score (nSPS) is 20.3. The van der Waals surface area contributed by atoms with Crippen LogP contribution < -0.4 is 10.5 Å². The molecule has 0 amide bonds. The number of carbonyl (C=O) groups excluding carboxylic acids is 1. The first-order chi connectivity index (χ1) is 11.6. The highest BCUT2D eigenvalue weighted by atomic mass is 16.6. The van der Waals surface area contributed by atoms with Crippen LogP contribution in [-0.4, -0.2) is 39.1 Å². The van der Waals surface area contributed by atoms with Gasteiger partial charge in [-0.15, -0.1) is 0 Å². The van der Waals surface area contributed by atoms with Gasteiger partial charge in [-0.1, -0.05) is 6.07 Å². The van der Waals surface area contributed by atoms with Crippen molar-refractivity contribution in [2.75, 3.05) is 26.1 Å². The van der Waals surface area contributed by atoms with Crippen molar-refractivity contribution in [1.29, 1.82) is 5.26 Å². The fourth-order valence-corrected chi connectivity index (χ4v) is 3.17. The Labute approximate surface area is 142 Å². The molecule has 1 aliphatic heterocycles. The third-order valence-electron chi connectivity index (χ3n) is 4.40. The summed E-state index contributed by atoms with van der Waals surface area (Å²) >= 11 is 0. The Morgan fingerprint density at radius 3 is 2.92 bits per heavy atom. The summed E-state index contributed by atoms with van der Waals surface area (Å²) < 4.78 is 15.7. The lowest BCUT2D eigenvalue weighted by Crippen LogP contribution is -2.35. The van der Waals surface area contributed by atoms with Gasteiger partial charge in [-0.25, -0.2) is 10.1 Å². The first-order valence-corrected chi connectivity index (χ1v) is 8.19. The molecule has 2 unspecified atom stereocenters. The van der Waals surface area contributed by atoms with E-state index < -0.39 is 0 Å². The third-order valence-corrected chi connectivity index (χ3v) is 4.40. The highest BCUT2D eigenvalue weighted by Gasteiger charge is 2.36. The molecular formula is C17H23BN2O4. The van der Waals surface area contributed by atoms with E-state index in [1.807, 2.05) is 18.2 Å². The first-order valence-electron chi connectivity index (χ1n) is 8.19. The van der Waals surface area contributed by atoms with Crippen molar-refractivity contribution in [1.82, 2.24) is 0 Å². The molecule has 1 aromatic carbocycles. The minimum absolute atomic E-state index is 0.0585. The maximum Gasteiger partial charge on any atom is 0.332 e. The molecule has 1 aliphatic rings. The van der Waals surface area contributed by atoms with Crippen LogP contribution in [0.3, 0.4) is 0 Å². The minimum Gasteiger partial charge on any atom is -0.495 e. The summed E-state index contributed by atoms with van der Waals surface area (Å²) in [5.41, 5.74) is 7.49. The fraction of sp³-hybridized carbons (Fsp3) is 0.529. The van der Waals surface area contributed by atoms with Crippen molar-refractivity contribution in [2.45, 2.75) is 38.0 Å². The Hall–Kier alpha value is -2.20. The van der Waals surface area contributed by atoms with E-state index in [1.54, 1.807) is 14.0 Å². The lowest BCUT2D eigenvalue weighted by atomic mass is 9.35. The molecule has 0 radical (unpaired) electrons. The summed E-state index contributed by atoms with van der Waals surface area (Å²) in [5, 5.41) is 9.53. The van der Waals surface area contributed by atoms with Crippen molar-refractivity contribution in [3.63, 3.8) is 0 Å². The molecule has 2 N–H and O–H groups in total. The van der Waals surface area contributed by atoms with Crippen molar-refractivity contribution in [3.8, 4) is 11.7 Å². The van der Waals surface area contributed by atoms with Crippen LogP contribution in [0.2, 0.25) is 6.32 Å². The Morgan fingerprint density at radius 1 is 1.46 bits per heavy atom. The summed E-state index contributed by atoms with van der Waals surface area (Å²) in [6, 6.07) is 5.67. The van der Waals surface area contributed by atoms with Crippen LogP contribution in [0, 0.1) is 11.2 Å². The third kappa shape index (κ3) is 4.42. The van der Waals surface area contributed by atoms with Crippen LogP contribution in [0.4, 0.5) is 5.69 Å². The van der Waals surface area contributed by atoms with Crippen molar-refractivity contribution < 1.29 is 19.0 Å². The summed E-state index contributed by atoms with van der Waals surface area (Å²) in [7, 11) is 1.58. The zero-order valence-electron chi connectivity index (χ0n) is 14.2. The van der Waals surface area contributed by atoms with Crippen molar-refractivity contribution in [2.24, 2.45) is 0 Å². The second kappa shape index (κ2) is 8.60. The molecule has 1 aromatic rings. The van der Waals surface area contributed by atoms with Crippen LogP contribution in [0.1, 0.15) is 31.1 Å². The molecule has 6 nitrogen and oxygen atoms in total. The van der Waals surface area contributed by atoms with E-state index in [2.05, 4.69) is 5.97 Å². The van der Waals surface area contributed by atoms with Gasteiger partial charge in [0.1, 0.15) is 12.4 Å². The number of anilines is 1. The van der Waals surface area contributed by atoms with E-state index in [0.29, 0.717) is 24.4 Å². The van der Waals surface area contributed by atoms with Gasteiger partial charge in [0.2, 0.25) is 0 Å². The minimum atomic E-state index is -0.364. The number of ether oxygens (including phenoxy) is 3. The molecule has 2 rings (SSSR count). The number of carbonyl (C=O) groups is 1. The zero-order chi connectivity index (χ0) is 17.5. The number of nitrogens with two attached hydrogens (primary N) is 1. The highest BCUT2D eigenvalue weighted by molar-refractivity contribution is 6.68. The second-order valence-corrected chi connectivity index (χ2v) is 5.89. The van der Waals surface area contributed by atoms with Gasteiger partial charge in [-0.3, -0.25) is 0 Å². The number of hydrogen-bond acceptors (Lipinski definition) is 6. The molecule has 24 heavy (non-hydrogen) atoms. The summed E-state index contributed by atoms with van der Waals surface area (Å²) in [5.74, 6) is 2.76. The Balaban J connectivity index is 2.00. The van der Waals surface area contributed by atoms with Gasteiger partial charge in [0.15, 0.2) is 0 Å². The second-order valence-electron chi connectivity index (χ2n) is 5.89. The maximum atomic E-state index is 11.4. The number of nitriles is 1. The molecule has 0 aliphatic carbocycles. The maximum absolute atomic E-state index is 11.4. The summed E-state index contributed by atoms with van der Waals surface area (Å²) in [6.45, 7) is 1.88. The average Bonchev–Trinajstić information content (AvgIpc) is 2.60. The summed E-state index contributed by atoms with van der Waals surface area (Å²) in [4.78, 5) is 11.4. The molecule has 0 spiro atoms. The Kier molecular flexibility index (Phi) is 6.50. The molecular weight excluding hydrogens is 307 g/mol.